The van der Waals surface area contributed by atoms with E-state index in [0.717, 1.165) is 0 Å². The van der Waals surface area contributed by atoms with Crippen molar-refractivity contribution in [1.29, 1.82) is 0 Å². The molecule has 1 fully saturated rings. The molecule has 0 radical (unpaired) electrons. The normalized spacial score (nSPS) is 26.1. The summed E-state index contributed by atoms with van der Waals surface area (Å²) < 4.78 is 26.4. The molecule has 0 aliphatic carbocycles. The van der Waals surface area contributed by atoms with E-state index in [9.17, 15) is 10.2 Å². The smallest absolute Gasteiger partial charge is 0.201 e. The molecule has 0 saturated carbocycles. The van der Waals surface area contributed by atoms with Crippen molar-refractivity contribution in [2.45, 2.75) is 147 Å². The van der Waals surface area contributed by atoms with Crippen molar-refractivity contribution in [3.05, 3.63) is 0 Å². The van der Waals surface area contributed by atoms with Crippen LogP contribution in [0.3, 0.4) is 0 Å². The highest BCUT2D eigenvalue weighted by Crippen LogP contribution is 2.49. The van der Waals surface area contributed by atoms with Gasteiger partial charge in [-0.1, -0.05) is 83.1 Å². The topological polar surface area (TPSA) is 77.4 Å². The Morgan fingerprint density at radius 2 is 1.00 bits per heavy atom. The van der Waals surface area contributed by atoms with Gasteiger partial charge in [0.25, 0.3) is 0 Å². The molecule has 0 bridgehead atoms. The Kier molecular flexibility index (Phi) is 11.8. The van der Waals surface area contributed by atoms with Crippen molar-refractivity contribution in [3.63, 3.8) is 0 Å². The van der Waals surface area contributed by atoms with Gasteiger partial charge in [-0.05, 0) is 33.2 Å². The lowest BCUT2D eigenvalue weighted by atomic mass is 10.1. The second-order valence-corrected chi connectivity index (χ2v) is 22.6. The van der Waals surface area contributed by atoms with E-state index in [1.54, 1.807) is 7.11 Å². The summed E-state index contributed by atoms with van der Waals surface area (Å²) >= 11 is 0. The van der Waals surface area contributed by atoms with Crippen LogP contribution in [0.25, 0.3) is 0 Å². The number of methoxy groups -OCH3 is 1. The van der Waals surface area contributed by atoms with Gasteiger partial charge in [-0.25, -0.2) is 0 Å². The van der Waals surface area contributed by atoms with Gasteiger partial charge in [-0.2, -0.15) is 0 Å². The molecule has 5 atom stereocenters. The number of hydrogen-bond acceptors (Lipinski definition) is 6. The lowest BCUT2D eigenvalue weighted by Crippen LogP contribution is -2.59. The fourth-order valence-electron chi connectivity index (χ4n) is 6.80. The average Bonchev–Trinajstić information content (AvgIpc) is 3.04. The molecule has 0 aromatic heterocycles. The third kappa shape index (κ3) is 5.96. The third-order valence-electron chi connectivity index (χ3n) is 8.10. The first-order chi connectivity index (χ1) is 15.1. The monoisotopic (exact) mass is 506 g/mol. The van der Waals surface area contributed by atoms with Gasteiger partial charge < -0.3 is 28.5 Å². The molecule has 1 heterocycles. The van der Waals surface area contributed by atoms with E-state index in [1.807, 2.05) is 0 Å². The Hall–Kier alpha value is 0.194. The molecular weight excluding hydrogens is 452 g/mol. The highest BCUT2D eigenvalue weighted by Gasteiger charge is 2.58. The summed E-state index contributed by atoms with van der Waals surface area (Å²) in [6.07, 6.45) is -3.37. The van der Waals surface area contributed by atoms with E-state index >= 15 is 0 Å². The predicted molar refractivity (Wildman–Crippen MR) is 141 cm³/mol. The van der Waals surface area contributed by atoms with Crippen LogP contribution in [-0.2, 0) is 18.3 Å². The quantitative estimate of drug-likeness (QED) is 0.306. The number of ether oxygens (including phenoxy) is 2. The van der Waals surface area contributed by atoms with Crippen LogP contribution in [0.2, 0.25) is 33.2 Å². The third-order valence-corrected chi connectivity index (χ3v) is 20.3. The zero-order valence-electron chi connectivity index (χ0n) is 23.6. The molecule has 0 amide bonds. The highest BCUT2D eigenvalue weighted by molar-refractivity contribution is 6.78. The Balaban J connectivity index is 3.65. The predicted octanol–water partition coefficient (Wildman–Crippen LogP) is 5.83. The van der Waals surface area contributed by atoms with Crippen molar-refractivity contribution >= 4 is 16.6 Å². The number of aliphatic hydroxyl groups excluding tert-OH is 2. The highest BCUT2D eigenvalue weighted by atomic mass is 28.4. The maximum atomic E-state index is 10.8. The van der Waals surface area contributed by atoms with Crippen molar-refractivity contribution in [2.24, 2.45) is 0 Å². The molecule has 1 aliphatic heterocycles. The minimum Gasteiger partial charge on any atom is -0.408 e. The van der Waals surface area contributed by atoms with Crippen LogP contribution in [-0.4, -0.2) is 71.3 Å². The first-order valence-corrected chi connectivity index (χ1v) is 17.3. The maximum absolute atomic E-state index is 10.8. The Morgan fingerprint density at radius 3 is 1.27 bits per heavy atom. The van der Waals surface area contributed by atoms with Gasteiger partial charge in [0.15, 0.2) is 6.29 Å². The standard InChI is InChI=1S/C25H54O6Si2/c1-15(2)32(16(3)4,17(5)6)30-23-22(21(27)14-26)29-25(28-13)24(23)31-33(18(7)8,19(9)10)20(11)12/h15-27H,14H2,1-13H3/t21-,22+,23?,24?,25-/m1/s1. The van der Waals surface area contributed by atoms with Gasteiger partial charge in [0.2, 0.25) is 16.6 Å². The minimum atomic E-state index is -2.33. The van der Waals surface area contributed by atoms with Crippen LogP contribution in [0.1, 0.15) is 83.1 Å². The number of aliphatic hydroxyl groups is 2. The van der Waals surface area contributed by atoms with Crippen molar-refractivity contribution in [3.8, 4) is 0 Å². The van der Waals surface area contributed by atoms with Crippen LogP contribution < -0.4 is 0 Å². The van der Waals surface area contributed by atoms with Crippen molar-refractivity contribution in [2.75, 3.05) is 13.7 Å². The van der Waals surface area contributed by atoms with Gasteiger partial charge in [-0.3, -0.25) is 0 Å². The van der Waals surface area contributed by atoms with Crippen LogP contribution in [0.4, 0.5) is 0 Å². The molecule has 1 aliphatic rings. The molecule has 6 nitrogen and oxygen atoms in total. The molecule has 2 N–H and O–H groups in total. The van der Waals surface area contributed by atoms with Gasteiger partial charge in [0, 0.05) is 7.11 Å². The fourth-order valence-corrected chi connectivity index (χ4v) is 17.9. The average molecular weight is 507 g/mol. The fraction of sp³-hybridized carbons (Fsp3) is 1.00. The molecule has 0 aromatic carbocycles. The SMILES string of the molecule is CO[C@@H]1O[C@@H]([C@H](O)CO)C(O[Si](C(C)C)(C(C)C)C(C)C)C1O[Si](C(C)C)(C(C)C)C(C)C. The van der Waals surface area contributed by atoms with Crippen molar-refractivity contribution < 1.29 is 28.5 Å². The summed E-state index contributed by atoms with van der Waals surface area (Å²) in [6.45, 7) is 26.7. The lowest BCUT2D eigenvalue weighted by molar-refractivity contribution is -0.165. The summed E-state index contributed by atoms with van der Waals surface area (Å²) in [4.78, 5) is 0. The van der Waals surface area contributed by atoms with E-state index in [2.05, 4.69) is 83.1 Å². The first kappa shape index (κ1) is 31.2. The summed E-state index contributed by atoms with van der Waals surface area (Å²) in [7, 11) is -3.00. The molecule has 1 rings (SSSR count). The second kappa shape index (κ2) is 12.4. The van der Waals surface area contributed by atoms with Gasteiger partial charge >= 0.3 is 0 Å². The zero-order chi connectivity index (χ0) is 25.9. The van der Waals surface area contributed by atoms with Crippen LogP contribution in [0, 0.1) is 0 Å². The van der Waals surface area contributed by atoms with E-state index in [0.29, 0.717) is 33.2 Å². The summed E-state index contributed by atoms with van der Waals surface area (Å²) in [6, 6.07) is 0. The first-order valence-electron chi connectivity index (χ1n) is 13.0. The summed E-state index contributed by atoms with van der Waals surface area (Å²) in [5.41, 5.74) is 2.27. The Morgan fingerprint density at radius 1 is 0.667 bits per heavy atom. The van der Waals surface area contributed by atoms with E-state index < -0.39 is 53.9 Å². The second-order valence-electron chi connectivity index (χ2n) is 11.8. The molecule has 0 aromatic rings. The van der Waals surface area contributed by atoms with Gasteiger partial charge in [-0.15, -0.1) is 0 Å². The minimum absolute atomic E-state index is 0.369. The summed E-state index contributed by atoms with van der Waals surface area (Å²) in [5, 5.41) is 20.6. The summed E-state index contributed by atoms with van der Waals surface area (Å²) in [5.74, 6) is 0. The number of hydrogen-bond donors (Lipinski definition) is 2. The molecule has 198 valence electrons. The molecular formula is C25H54O6Si2. The molecule has 33 heavy (non-hydrogen) atoms. The van der Waals surface area contributed by atoms with E-state index in [-0.39, 0.29) is 0 Å². The van der Waals surface area contributed by atoms with Crippen LogP contribution in [0.15, 0.2) is 0 Å². The van der Waals surface area contributed by atoms with E-state index in [1.165, 1.54) is 0 Å². The van der Waals surface area contributed by atoms with Crippen LogP contribution >= 0.6 is 0 Å². The van der Waals surface area contributed by atoms with Gasteiger partial charge in [0.1, 0.15) is 24.4 Å². The maximum Gasteiger partial charge on any atom is 0.201 e. The van der Waals surface area contributed by atoms with Gasteiger partial charge in [0.05, 0.1) is 6.61 Å². The van der Waals surface area contributed by atoms with Crippen LogP contribution in [0.5, 0.6) is 0 Å². The van der Waals surface area contributed by atoms with Crippen molar-refractivity contribution in [1.82, 2.24) is 0 Å². The lowest BCUT2D eigenvalue weighted by Gasteiger charge is -2.48. The molecule has 0 spiro atoms. The Labute approximate surface area is 206 Å². The molecule has 2 unspecified atom stereocenters. The number of rotatable bonds is 13. The largest absolute Gasteiger partial charge is 0.408 e. The van der Waals surface area contributed by atoms with E-state index in [4.69, 9.17) is 18.3 Å². The molecule has 1 saturated heterocycles. The Bertz CT molecular complexity index is 538. The zero-order valence-corrected chi connectivity index (χ0v) is 25.6. The molecule has 8 heteroatoms.